The van der Waals surface area contributed by atoms with Crippen molar-refractivity contribution in [1.29, 1.82) is 0 Å². The van der Waals surface area contributed by atoms with Crippen molar-refractivity contribution in [3.05, 3.63) is 64.7 Å². The monoisotopic (exact) mass is 275 g/mol. The Hall–Kier alpha value is -1.51. The van der Waals surface area contributed by atoms with E-state index in [1.165, 1.54) is 5.56 Å². The third-order valence-electron chi connectivity index (χ3n) is 3.03. The molecule has 0 heterocycles. The summed E-state index contributed by atoms with van der Waals surface area (Å²) in [6.45, 7) is 3.08. The van der Waals surface area contributed by atoms with E-state index in [1.54, 1.807) is 12.1 Å². The van der Waals surface area contributed by atoms with Gasteiger partial charge in [0.25, 0.3) is 0 Å². The molecule has 2 nitrogen and oxygen atoms in total. The van der Waals surface area contributed by atoms with E-state index in [4.69, 9.17) is 11.6 Å². The number of phenols is 1. The van der Waals surface area contributed by atoms with Crippen LogP contribution in [0.3, 0.4) is 0 Å². The van der Waals surface area contributed by atoms with Gasteiger partial charge in [-0.15, -0.1) is 0 Å². The lowest BCUT2D eigenvalue weighted by atomic mass is 9.98. The number of phenolic OH excluding ortho intramolecular Hbond substituents is 1. The summed E-state index contributed by atoms with van der Waals surface area (Å²) in [6, 6.07) is 15.3. The Morgan fingerprint density at radius 2 is 1.53 bits per heavy atom. The molecule has 0 fully saturated rings. The van der Waals surface area contributed by atoms with Crippen LogP contribution in [0.15, 0.2) is 48.5 Å². The van der Waals surface area contributed by atoms with Gasteiger partial charge in [0.1, 0.15) is 5.75 Å². The van der Waals surface area contributed by atoms with E-state index in [0.717, 1.165) is 23.6 Å². The molecule has 2 aromatic rings. The van der Waals surface area contributed by atoms with E-state index in [0.29, 0.717) is 0 Å². The van der Waals surface area contributed by atoms with E-state index in [2.05, 4.69) is 12.2 Å². The molecule has 0 saturated carbocycles. The maximum atomic E-state index is 9.38. The molecule has 1 atom stereocenters. The van der Waals surface area contributed by atoms with Gasteiger partial charge >= 0.3 is 0 Å². The van der Waals surface area contributed by atoms with Gasteiger partial charge in [-0.05, 0) is 48.4 Å². The van der Waals surface area contributed by atoms with Gasteiger partial charge in [-0.25, -0.2) is 0 Å². The van der Waals surface area contributed by atoms with Crippen LogP contribution in [0, 0.1) is 0 Å². The molecule has 1 unspecified atom stereocenters. The highest BCUT2D eigenvalue weighted by Crippen LogP contribution is 2.25. The van der Waals surface area contributed by atoms with E-state index in [9.17, 15) is 5.11 Å². The van der Waals surface area contributed by atoms with Crippen LogP contribution in [0.4, 0.5) is 0 Å². The van der Waals surface area contributed by atoms with Gasteiger partial charge in [0, 0.05) is 5.02 Å². The zero-order chi connectivity index (χ0) is 13.7. The Labute approximate surface area is 119 Å². The summed E-state index contributed by atoms with van der Waals surface area (Å²) in [7, 11) is 0. The number of nitrogens with one attached hydrogen (secondary N) is 1. The van der Waals surface area contributed by atoms with Crippen LogP contribution < -0.4 is 5.32 Å². The highest BCUT2D eigenvalue weighted by molar-refractivity contribution is 6.30. The second-order valence-corrected chi connectivity index (χ2v) is 4.97. The molecule has 2 aromatic carbocycles. The second kappa shape index (κ2) is 6.60. The summed E-state index contributed by atoms with van der Waals surface area (Å²) in [6.07, 6.45) is 1.07. The first-order chi connectivity index (χ1) is 9.20. The molecule has 0 aromatic heterocycles. The third kappa shape index (κ3) is 3.72. The first kappa shape index (κ1) is 13.9. The predicted molar refractivity (Wildman–Crippen MR) is 79.7 cm³/mol. The van der Waals surface area contributed by atoms with E-state index in [-0.39, 0.29) is 11.8 Å². The molecule has 2 rings (SSSR count). The molecule has 100 valence electrons. The summed E-state index contributed by atoms with van der Waals surface area (Å²) >= 11 is 5.93. The fourth-order valence-electron chi connectivity index (χ4n) is 2.04. The van der Waals surface area contributed by atoms with Crippen LogP contribution in [0.2, 0.25) is 5.02 Å². The maximum absolute atomic E-state index is 9.38. The maximum Gasteiger partial charge on any atom is 0.115 e. The van der Waals surface area contributed by atoms with E-state index in [1.807, 2.05) is 36.4 Å². The number of halogens is 1. The number of hydrogen-bond donors (Lipinski definition) is 2. The van der Waals surface area contributed by atoms with Crippen LogP contribution in [0.5, 0.6) is 5.75 Å². The minimum atomic E-state index is 0.123. The molecular weight excluding hydrogens is 258 g/mol. The van der Waals surface area contributed by atoms with Crippen molar-refractivity contribution in [3.63, 3.8) is 0 Å². The minimum absolute atomic E-state index is 0.123. The fraction of sp³-hybridized carbons (Fsp3) is 0.250. The van der Waals surface area contributed by atoms with Crippen LogP contribution in [-0.4, -0.2) is 11.7 Å². The van der Waals surface area contributed by atoms with Gasteiger partial charge in [-0.2, -0.15) is 0 Å². The summed E-state index contributed by atoms with van der Waals surface area (Å²) in [5.41, 5.74) is 2.30. The molecule has 0 radical (unpaired) electrons. The van der Waals surface area contributed by atoms with E-state index >= 15 is 0 Å². The lowest BCUT2D eigenvalue weighted by Crippen LogP contribution is -2.23. The number of aromatic hydroxyl groups is 1. The van der Waals surface area contributed by atoms with Crippen LogP contribution in [-0.2, 0) is 0 Å². The molecule has 0 aliphatic rings. The Morgan fingerprint density at radius 1 is 1.00 bits per heavy atom. The van der Waals surface area contributed by atoms with Crippen molar-refractivity contribution in [3.8, 4) is 5.75 Å². The first-order valence-corrected chi connectivity index (χ1v) is 6.86. The first-order valence-electron chi connectivity index (χ1n) is 6.48. The lowest BCUT2D eigenvalue weighted by molar-refractivity contribution is 0.474. The lowest BCUT2D eigenvalue weighted by Gasteiger charge is -2.19. The van der Waals surface area contributed by atoms with Crippen molar-refractivity contribution in [2.45, 2.75) is 19.4 Å². The van der Waals surface area contributed by atoms with Crippen LogP contribution in [0.25, 0.3) is 0 Å². The summed E-state index contributed by atoms with van der Waals surface area (Å²) in [5, 5.41) is 13.6. The zero-order valence-electron chi connectivity index (χ0n) is 10.9. The number of hydrogen-bond acceptors (Lipinski definition) is 2. The zero-order valence-corrected chi connectivity index (χ0v) is 11.7. The molecule has 0 bridgehead atoms. The average molecular weight is 276 g/mol. The van der Waals surface area contributed by atoms with Gasteiger partial charge in [-0.3, -0.25) is 0 Å². The molecule has 3 heteroatoms. The van der Waals surface area contributed by atoms with Crippen LogP contribution >= 0.6 is 11.6 Å². The number of benzene rings is 2. The molecule has 0 amide bonds. The summed E-state index contributed by atoms with van der Waals surface area (Å²) < 4.78 is 0. The van der Waals surface area contributed by atoms with Gasteiger partial charge in [0.15, 0.2) is 0 Å². The SMILES string of the molecule is CCCNC(c1ccc(O)cc1)c1ccc(Cl)cc1. The second-order valence-electron chi connectivity index (χ2n) is 4.53. The highest BCUT2D eigenvalue weighted by Gasteiger charge is 2.12. The predicted octanol–water partition coefficient (Wildman–Crippen LogP) is 4.13. The Balaban J connectivity index is 2.29. The molecule has 0 saturated heterocycles. The topological polar surface area (TPSA) is 32.3 Å². The highest BCUT2D eigenvalue weighted by atomic mass is 35.5. The summed E-state index contributed by atoms with van der Waals surface area (Å²) in [4.78, 5) is 0. The minimum Gasteiger partial charge on any atom is -0.508 e. The molecule has 0 aliphatic heterocycles. The largest absolute Gasteiger partial charge is 0.508 e. The third-order valence-corrected chi connectivity index (χ3v) is 3.28. The molecular formula is C16H18ClNO. The quantitative estimate of drug-likeness (QED) is 0.860. The Bertz CT molecular complexity index is 462. The molecule has 2 N–H and O–H groups in total. The molecule has 19 heavy (non-hydrogen) atoms. The Kier molecular flexibility index (Phi) is 4.83. The average Bonchev–Trinajstić information content (AvgIpc) is 2.43. The van der Waals surface area contributed by atoms with Gasteiger partial charge in [-0.1, -0.05) is 42.8 Å². The van der Waals surface area contributed by atoms with Crippen molar-refractivity contribution in [1.82, 2.24) is 5.32 Å². The number of rotatable bonds is 5. The van der Waals surface area contributed by atoms with Crippen molar-refractivity contribution in [2.75, 3.05) is 6.54 Å². The summed E-state index contributed by atoms with van der Waals surface area (Å²) in [5.74, 6) is 0.286. The van der Waals surface area contributed by atoms with E-state index < -0.39 is 0 Å². The van der Waals surface area contributed by atoms with Crippen molar-refractivity contribution in [2.24, 2.45) is 0 Å². The van der Waals surface area contributed by atoms with Crippen molar-refractivity contribution < 1.29 is 5.11 Å². The normalized spacial score (nSPS) is 12.3. The van der Waals surface area contributed by atoms with Crippen LogP contribution in [0.1, 0.15) is 30.5 Å². The molecule has 0 spiro atoms. The smallest absolute Gasteiger partial charge is 0.115 e. The van der Waals surface area contributed by atoms with Gasteiger partial charge in [0.05, 0.1) is 6.04 Å². The standard InChI is InChI=1S/C16H18ClNO/c1-2-11-18-16(12-3-7-14(17)8-4-12)13-5-9-15(19)10-6-13/h3-10,16,18-19H,2,11H2,1H3. The molecule has 0 aliphatic carbocycles. The van der Waals surface area contributed by atoms with Crippen molar-refractivity contribution >= 4 is 11.6 Å². The van der Waals surface area contributed by atoms with Gasteiger partial charge in [0.2, 0.25) is 0 Å². The fourth-order valence-corrected chi connectivity index (χ4v) is 2.16. The van der Waals surface area contributed by atoms with Gasteiger partial charge < -0.3 is 10.4 Å². The Morgan fingerprint density at radius 3 is 2.05 bits per heavy atom.